The summed E-state index contributed by atoms with van der Waals surface area (Å²) in [6.07, 6.45) is 0. The molecule has 0 bridgehead atoms. The molecule has 1 aromatic heterocycles. The van der Waals surface area contributed by atoms with E-state index in [4.69, 9.17) is 11.5 Å². The van der Waals surface area contributed by atoms with Crippen molar-refractivity contribution in [1.82, 2.24) is 9.97 Å². The van der Waals surface area contributed by atoms with Gasteiger partial charge in [-0.1, -0.05) is 24.3 Å². The van der Waals surface area contributed by atoms with Crippen molar-refractivity contribution in [1.29, 1.82) is 0 Å². The summed E-state index contributed by atoms with van der Waals surface area (Å²) >= 11 is 4.08. The smallest absolute Gasteiger partial charge is 0.163 e. The predicted molar refractivity (Wildman–Crippen MR) is 78.6 cm³/mol. The van der Waals surface area contributed by atoms with Crippen LogP contribution in [0.4, 0.5) is 11.4 Å². The molecule has 0 spiro atoms. The van der Waals surface area contributed by atoms with Gasteiger partial charge in [0.05, 0.1) is 22.4 Å². The van der Waals surface area contributed by atoms with Crippen LogP contribution in [0.2, 0.25) is 0 Å². The number of H-pyrrole nitrogens is 1. The van der Waals surface area contributed by atoms with Gasteiger partial charge in [-0.2, -0.15) is 0 Å². The molecule has 5 heteroatoms. The lowest BCUT2D eigenvalue weighted by molar-refractivity contribution is 1.09. The van der Waals surface area contributed by atoms with Gasteiger partial charge in [0.2, 0.25) is 0 Å². The number of nitrogens with one attached hydrogen (secondary N) is 1. The number of aromatic amines is 1. The maximum Gasteiger partial charge on any atom is 0.163 e. The number of benzene rings is 2. The summed E-state index contributed by atoms with van der Waals surface area (Å²) in [4.78, 5) is 7.13. The minimum Gasteiger partial charge on any atom is -0.397 e. The van der Waals surface area contributed by atoms with Crippen molar-refractivity contribution in [3.05, 3.63) is 48.5 Å². The lowest BCUT2D eigenvalue weighted by Gasteiger charge is -1.94. The summed E-state index contributed by atoms with van der Waals surface area (Å²) in [5.74, 6) is 0. The number of nitrogens with two attached hydrogens (primary N) is 2. The third-order valence-corrected chi connectivity index (χ3v) is 2.58. The second kappa shape index (κ2) is 5.46. The number of para-hydroxylation sites is 4. The molecular weight excluding hydrogens is 244 g/mol. The number of hydrogen-bond acceptors (Lipinski definition) is 4. The Morgan fingerprint density at radius 3 is 2.00 bits per heavy atom. The highest BCUT2D eigenvalue weighted by molar-refractivity contribution is 7.80. The van der Waals surface area contributed by atoms with Crippen molar-refractivity contribution in [2.24, 2.45) is 0 Å². The first-order chi connectivity index (χ1) is 8.66. The highest BCUT2D eigenvalue weighted by Crippen LogP contribution is 2.11. The highest BCUT2D eigenvalue weighted by atomic mass is 32.1. The van der Waals surface area contributed by atoms with E-state index >= 15 is 0 Å². The molecule has 0 unspecified atom stereocenters. The predicted octanol–water partition coefficient (Wildman–Crippen LogP) is 2.70. The normalized spacial score (nSPS) is 9.83. The van der Waals surface area contributed by atoms with Crippen molar-refractivity contribution < 1.29 is 0 Å². The second-order valence-corrected chi connectivity index (χ2v) is 4.13. The van der Waals surface area contributed by atoms with E-state index < -0.39 is 0 Å². The van der Waals surface area contributed by atoms with Crippen LogP contribution in [0.5, 0.6) is 0 Å². The van der Waals surface area contributed by atoms with Gasteiger partial charge in [-0.05, 0) is 24.3 Å². The summed E-state index contributed by atoms with van der Waals surface area (Å²) in [5, 5.41) is 0.668. The zero-order valence-corrected chi connectivity index (χ0v) is 10.6. The van der Waals surface area contributed by atoms with Gasteiger partial charge < -0.3 is 16.5 Å². The fraction of sp³-hybridized carbons (Fsp3) is 0. The first kappa shape index (κ1) is 12.3. The van der Waals surface area contributed by atoms with Crippen molar-refractivity contribution in [3.8, 4) is 0 Å². The number of aromatic nitrogens is 2. The molecule has 0 fully saturated rings. The van der Waals surface area contributed by atoms with Gasteiger partial charge in [0, 0.05) is 0 Å². The number of hydrogen-bond donors (Lipinski definition) is 4. The van der Waals surface area contributed by atoms with Crippen LogP contribution in [0.25, 0.3) is 11.0 Å². The molecule has 0 atom stereocenters. The fourth-order valence-corrected chi connectivity index (χ4v) is 1.68. The molecule has 18 heavy (non-hydrogen) atoms. The fourth-order valence-electron chi connectivity index (χ4n) is 1.45. The van der Waals surface area contributed by atoms with Crippen LogP contribution in [-0.2, 0) is 0 Å². The Labute approximate surface area is 110 Å². The maximum atomic E-state index is 5.39. The number of nitrogens with zero attached hydrogens (tertiary/aromatic N) is 1. The molecule has 3 rings (SSSR count). The van der Waals surface area contributed by atoms with E-state index in [1.54, 1.807) is 12.1 Å². The second-order valence-electron chi connectivity index (χ2n) is 3.71. The van der Waals surface area contributed by atoms with Crippen LogP contribution >= 0.6 is 12.6 Å². The SMILES string of the molecule is Nc1ccccc1N.Sc1nc2ccccc2[nH]1. The molecule has 1 heterocycles. The van der Waals surface area contributed by atoms with Gasteiger partial charge in [-0.15, -0.1) is 12.6 Å². The van der Waals surface area contributed by atoms with Crippen molar-refractivity contribution in [2.45, 2.75) is 5.16 Å². The molecule has 0 aliphatic carbocycles. The Morgan fingerprint density at radius 2 is 1.44 bits per heavy atom. The van der Waals surface area contributed by atoms with Gasteiger partial charge in [0.1, 0.15) is 0 Å². The molecule has 2 aromatic carbocycles. The number of nitrogen functional groups attached to an aromatic ring is 2. The number of rotatable bonds is 0. The number of imidazole rings is 1. The molecule has 4 nitrogen and oxygen atoms in total. The molecular formula is C13H14N4S. The standard InChI is InChI=1S/C7H6N2S.C6H8N2/c10-7-8-5-3-1-2-4-6(5)9-7;7-5-3-1-2-4-6(5)8/h1-4H,(H2,8,9,10);1-4H,7-8H2. The first-order valence-electron chi connectivity index (χ1n) is 5.40. The molecule has 3 aromatic rings. The molecule has 0 saturated heterocycles. The van der Waals surface area contributed by atoms with Crippen LogP contribution in [0.3, 0.4) is 0 Å². The van der Waals surface area contributed by atoms with E-state index in [0.717, 1.165) is 11.0 Å². The Morgan fingerprint density at radius 1 is 0.889 bits per heavy atom. The van der Waals surface area contributed by atoms with Crippen molar-refractivity contribution in [2.75, 3.05) is 11.5 Å². The summed E-state index contributed by atoms with van der Waals surface area (Å²) < 4.78 is 0. The zero-order valence-electron chi connectivity index (χ0n) is 9.67. The van der Waals surface area contributed by atoms with E-state index in [1.807, 2.05) is 36.4 Å². The van der Waals surface area contributed by atoms with Gasteiger partial charge >= 0.3 is 0 Å². The molecule has 0 saturated carbocycles. The van der Waals surface area contributed by atoms with Gasteiger partial charge in [0.15, 0.2) is 5.16 Å². The monoisotopic (exact) mass is 258 g/mol. The third kappa shape index (κ3) is 2.95. The molecule has 92 valence electrons. The highest BCUT2D eigenvalue weighted by Gasteiger charge is 1.94. The van der Waals surface area contributed by atoms with E-state index in [1.165, 1.54) is 0 Å². The third-order valence-electron chi connectivity index (χ3n) is 2.37. The average Bonchev–Trinajstić information content (AvgIpc) is 2.74. The van der Waals surface area contributed by atoms with Gasteiger partial charge in [-0.3, -0.25) is 0 Å². The topological polar surface area (TPSA) is 80.7 Å². The van der Waals surface area contributed by atoms with E-state index in [-0.39, 0.29) is 0 Å². The summed E-state index contributed by atoms with van der Waals surface area (Å²) in [7, 11) is 0. The minimum absolute atomic E-state index is 0.646. The Bertz CT molecular complexity index is 594. The quantitative estimate of drug-likeness (QED) is 0.370. The van der Waals surface area contributed by atoms with Crippen LogP contribution in [-0.4, -0.2) is 9.97 Å². The zero-order chi connectivity index (χ0) is 13.0. The van der Waals surface area contributed by atoms with E-state index in [2.05, 4.69) is 22.6 Å². The van der Waals surface area contributed by atoms with E-state index in [9.17, 15) is 0 Å². The maximum absolute atomic E-state index is 5.39. The molecule has 0 radical (unpaired) electrons. The van der Waals surface area contributed by atoms with Gasteiger partial charge in [0.25, 0.3) is 0 Å². The van der Waals surface area contributed by atoms with Crippen LogP contribution in [0, 0.1) is 0 Å². The van der Waals surface area contributed by atoms with Crippen LogP contribution < -0.4 is 11.5 Å². The summed E-state index contributed by atoms with van der Waals surface area (Å²) in [5.41, 5.74) is 14.1. The molecule has 5 N–H and O–H groups in total. The summed E-state index contributed by atoms with van der Waals surface area (Å²) in [6.45, 7) is 0. The molecule has 0 amide bonds. The van der Waals surface area contributed by atoms with Gasteiger partial charge in [-0.25, -0.2) is 4.98 Å². The lowest BCUT2D eigenvalue weighted by atomic mass is 10.3. The van der Waals surface area contributed by atoms with E-state index in [0.29, 0.717) is 16.5 Å². The number of fused-ring (bicyclic) bond motifs is 1. The Balaban J connectivity index is 0.000000138. The number of anilines is 2. The largest absolute Gasteiger partial charge is 0.397 e. The minimum atomic E-state index is 0.646. The molecule has 0 aliphatic heterocycles. The van der Waals surface area contributed by atoms with Crippen molar-refractivity contribution in [3.63, 3.8) is 0 Å². The lowest BCUT2D eigenvalue weighted by Crippen LogP contribution is -1.91. The first-order valence-corrected chi connectivity index (χ1v) is 5.85. The Hall–Kier alpha value is -2.14. The Kier molecular flexibility index (Phi) is 3.74. The average molecular weight is 258 g/mol. The van der Waals surface area contributed by atoms with Crippen LogP contribution in [0.15, 0.2) is 53.7 Å². The van der Waals surface area contributed by atoms with Crippen molar-refractivity contribution >= 4 is 35.0 Å². The summed E-state index contributed by atoms with van der Waals surface area (Å²) in [6, 6.07) is 15.1. The number of thiol groups is 1. The van der Waals surface area contributed by atoms with Crippen LogP contribution in [0.1, 0.15) is 0 Å². The molecule has 0 aliphatic rings.